The van der Waals surface area contributed by atoms with Gasteiger partial charge in [-0.25, -0.2) is 0 Å². The van der Waals surface area contributed by atoms with E-state index in [9.17, 15) is 14.4 Å². The number of para-hydroxylation sites is 1. The quantitative estimate of drug-likeness (QED) is 0.303. The van der Waals surface area contributed by atoms with Crippen molar-refractivity contribution in [3.63, 3.8) is 0 Å². The maximum atomic E-state index is 13.6. The van der Waals surface area contributed by atoms with Gasteiger partial charge < -0.3 is 19.5 Å². The van der Waals surface area contributed by atoms with Crippen LogP contribution in [0.15, 0.2) is 35.9 Å². The standard InChI is InChI=1S/C27H34N2O6/c1-7-15-14-29-19(22(30)35-25(2,3)4)13-26-16-10-8-9-11-18(16)28-27(15,26)20(29)12-17(26)21(23(31)33-5)24(32)34-6/h7-11,17,19-21,28H,12-14H2,1-6H3/b15-7+/t17?,19-,20+,26+,27-/m0/s1. The molecule has 1 aliphatic carbocycles. The van der Waals surface area contributed by atoms with E-state index in [-0.39, 0.29) is 12.0 Å². The molecule has 8 heteroatoms. The Bertz CT molecular complexity index is 1110. The summed E-state index contributed by atoms with van der Waals surface area (Å²) < 4.78 is 16.1. The second-order valence-corrected chi connectivity index (χ2v) is 11.1. The highest BCUT2D eigenvalue weighted by molar-refractivity contribution is 5.96. The number of methoxy groups -OCH3 is 2. The van der Waals surface area contributed by atoms with Crippen molar-refractivity contribution >= 4 is 23.6 Å². The summed E-state index contributed by atoms with van der Waals surface area (Å²) in [6.07, 6.45) is 3.09. The summed E-state index contributed by atoms with van der Waals surface area (Å²) in [4.78, 5) is 42.0. The first kappa shape index (κ1) is 23.9. The van der Waals surface area contributed by atoms with E-state index in [1.807, 2.05) is 45.9 Å². The van der Waals surface area contributed by atoms with Crippen LogP contribution in [0.2, 0.25) is 0 Å². The fraction of sp³-hybridized carbons (Fsp3) is 0.593. The summed E-state index contributed by atoms with van der Waals surface area (Å²) in [5.41, 5.74) is 1.31. The van der Waals surface area contributed by atoms with Crippen LogP contribution >= 0.6 is 0 Å². The second-order valence-electron chi connectivity index (χ2n) is 11.1. The largest absolute Gasteiger partial charge is 0.468 e. The minimum atomic E-state index is -1.10. The van der Waals surface area contributed by atoms with Crippen LogP contribution in [0.4, 0.5) is 5.69 Å². The van der Waals surface area contributed by atoms with E-state index < -0.39 is 46.4 Å². The van der Waals surface area contributed by atoms with Gasteiger partial charge in [-0.15, -0.1) is 0 Å². The first-order chi connectivity index (χ1) is 16.6. The Hall–Kier alpha value is -2.87. The molecule has 5 rings (SSSR count). The number of ether oxygens (including phenoxy) is 3. The van der Waals surface area contributed by atoms with Gasteiger partial charge in [0.05, 0.1) is 19.8 Å². The van der Waals surface area contributed by atoms with E-state index in [0.717, 1.165) is 11.3 Å². The van der Waals surface area contributed by atoms with Gasteiger partial charge in [-0.2, -0.15) is 0 Å². The number of nitrogens with zero attached hydrogens (tertiary/aromatic N) is 1. The Labute approximate surface area is 206 Å². The molecule has 188 valence electrons. The Kier molecular flexibility index (Phi) is 5.33. The Morgan fingerprint density at radius 1 is 1.14 bits per heavy atom. The number of hydrogen-bond donors (Lipinski definition) is 1. The molecule has 0 aromatic heterocycles. The molecule has 0 radical (unpaired) electrons. The van der Waals surface area contributed by atoms with Crippen molar-refractivity contribution in [1.82, 2.24) is 4.90 Å². The highest BCUT2D eigenvalue weighted by Gasteiger charge is 2.80. The van der Waals surface area contributed by atoms with Gasteiger partial charge in [0.25, 0.3) is 0 Å². The van der Waals surface area contributed by atoms with Crippen molar-refractivity contribution in [3.05, 3.63) is 41.5 Å². The minimum Gasteiger partial charge on any atom is -0.468 e. The second kappa shape index (κ2) is 7.82. The number of carbonyl (C=O) groups excluding carboxylic acids is 3. The molecular formula is C27H34N2O6. The normalized spacial score (nSPS) is 35.3. The fourth-order valence-corrected chi connectivity index (χ4v) is 7.58. The molecule has 35 heavy (non-hydrogen) atoms. The topological polar surface area (TPSA) is 94.2 Å². The number of carbonyl (C=O) groups is 3. The number of allylic oxidation sites excluding steroid dienone is 1. The van der Waals surface area contributed by atoms with Gasteiger partial charge in [-0.3, -0.25) is 19.3 Å². The third kappa shape index (κ3) is 2.98. The molecule has 4 aliphatic rings. The van der Waals surface area contributed by atoms with Gasteiger partial charge in [-0.1, -0.05) is 24.3 Å². The number of rotatable bonds is 4. The summed E-state index contributed by atoms with van der Waals surface area (Å²) >= 11 is 0. The average Bonchev–Trinajstić information content (AvgIpc) is 3.29. The maximum absolute atomic E-state index is 13.6. The van der Waals surface area contributed by atoms with Crippen molar-refractivity contribution in [3.8, 4) is 0 Å². The van der Waals surface area contributed by atoms with Gasteiger partial charge in [-0.05, 0) is 63.7 Å². The van der Waals surface area contributed by atoms with E-state index in [0.29, 0.717) is 19.4 Å². The van der Waals surface area contributed by atoms with Crippen molar-refractivity contribution < 1.29 is 28.6 Å². The highest BCUT2D eigenvalue weighted by Crippen LogP contribution is 2.71. The summed E-state index contributed by atoms with van der Waals surface area (Å²) in [5.74, 6) is -3.01. The lowest BCUT2D eigenvalue weighted by molar-refractivity contribution is -0.164. The number of esters is 3. The zero-order valence-electron chi connectivity index (χ0n) is 21.2. The molecule has 0 amide bonds. The minimum absolute atomic E-state index is 0.103. The van der Waals surface area contributed by atoms with Crippen LogP contribution in [-0.4, -0.2) is 66.8 Å². The zero-order valence-corrected chi connectivity index (χ0v) is 21.2. The first-order valence-corrected chi connectivity index (χ1v) is 12.2. The van der Waals surface area contributed by atoms with Crippen LogP contribution in [0.3, 0.4) is 0 Å². The van der Waals surface area contributed by atoms with Crippen molar-refractivity contribution in [2.45, 2.75) is 69.2 Å². The van der Waals surface area contributed by atoms with E-state index in [2.05, 4.69) is 22.4 Å². The Morgan fingerprint density at radius 2 is 1.80 bits per heavy atom. The number of piperidine rings is 1. The molecule has 4 bridgehead atoms. The van der Waals surface area contributed by atoms with Gasteiger partial charge in [0, 0.05) is 23.7 Å². The molecule has 8 nitrogen and oxygen atoms in total. The van der Waals surface area contributed by atoms with E-state index in [4.69, 9.17) is 14.2 Å². The van der Waals surface area contributed by atoms with Crippen LogP contribution in [-0.2, 0) is 34.0 Å². The lowest BCUT2D eigenvalue weighted by atomic mass is 9.57. The van der Waals surface area contributed by atoms with Crippen molar-refractivity contribution in [1.29, 1.82) is 0 Å². The molecule has 2 saturated heterocycles. The molecule has 3 aliphatic heterocycles. The first-order valence-electron chi connectivity index (χ1n) is 12.2. The average molecular weight is 483 g/mol. The highest BCUT2D eigenvalue weighted by atomic mass is 16.6. The monoisotopic (exact) mass is 482 g/mol. The Balaban J connectivity index is 1.75. The molecule has 1 spiro atoms. The molecule has 2 unspecified atom stereocenters. The molecule has 3 heterocycles. The third-order valence-electron chi connectivity index (χ3n) is 8.57. The molecule has 1 aromatic carbocycles. The fourth-order valence-electron chi connectivity index (χ4n) is 7.58. The zero-order chi connectivity index (χ0) is 25.3. The van der Waals surface area contributed by atoms with Gasteiger partial charge >= 0.3 is 17.9 Å². The number of anilines is 1. The van der Waals surface area contributed by atoms with Crippen LogP contribution in [0.1, 0.15) is 46.1 Å². The number of fused-ring (bicyclic) bond motifs is 1. The number of hydrogen-bond acceptors (Lipinski definition) is 8. The van der Waals surface area contributed by atoms with Gasteiger partial charge in [0.2, 0.25) is 0 Å². The summed E-state index contributed by atoms with van der Waals surface area (Å²) in [7, 11) is 2.59. The molecule has 1 saturated carbocycles. The predicted molar refractivity (Wildman–Crippen MR) is 129 cm³/mol. The lowest BCUT2D eigenvalue weighted by Gasteiger charge is -2.50. The predicted octanol–water partition coefficient (Wildman–Crippen LogP) is 2.82. The van der Waals surface area contributed by atoms with E-state index >= 15 is 0 Å². The SMILES string of the molecule is C/C=C1\CN2[C@H](C(=O)OC(C)(C)C)C[C@]34c5ccccc5N[C@]13[C@H]2CC4C(C(=O)OC)C(=O)OC. The Morgan fingerprint density at radius 3 is 2.40 bits per heavy atom. The molecule has 1 aromatic rings. The third-order valence-corrected chi connectivity index (χ3v) is 8.57. The van der Waals surface area contributed by atoms with Crippen LogP contribution in [0, 0.1) is 11.8 Å². The maximum Gasteiger partial charge on any atom is 0.323 e. The number of benzene rings is 1. The molecular weight excluding hydrogens is 448 g/mol. The molecule has 3 fully saturated rings. The summed E-state index contributed by atoms with van der Waals surface area (Å²) in [5, 5.41) is 3.84. The van der Waals surface area contributed by atoms with Crippen molar-refractivity contribution in [2.24, 2.45) is 11.8 Å². The molecule has 6 atom stereocenters. The van der Waals surface area contributed by atoms with Crippen molar-refractivity contribution in [2.75, 3.05) is 26.1 Å². The number of nitrogens with one attached hydrogen (secondary N) is 1. The lowest BCUT2D eigenvalue weighted by Crippen LogP contribution is -2.65. The van der Waals surface area contributed by atoms with E-state index in [1.165, 1.54) is 19.8 Å². The van der Waals surface area contributed by atoms with Crippen LogP contribution < -0.4 is 5.32 Å². The van der Waals surface area contributed by atoms with Crippen LogP contribution in [0.25, 0.3) is 0 Å². The summed E-state index contributed by atoms with van der Waals surface area (Å²) in [6.45, 7) is 8.24. The smallest absolute Gasteiger partial charge is 0.323 e. The molecule has 1 N–H and O–H groups in total. The van der Waals surface area contributed by atoms with Gasteiger partial charge in [0.15, 0.2) is 5.92 Å². The summed E-state index contributed by atoms with van der Waals surface area (Å²) in [6, 6.07) is 7.44. The van der Waals surface area contributed by atoms with E-state index in [1.54, 1.807) is 0 Å². The van der Waals surface area contributed by atoms with Gasteiger partial charge in [0.1, 0.15) is 11.6 Å². The van der Waals surface area contributed by atoms with Crippen LogP contribution in [0.5, 0.6) is 0 Å².